The second kappa shape index (κ2) is 12.4. The number of ether oxygens (including phenoxy) is 5. The summed E-state index contributed by atoms with van der Waals surface area (Å²) < 4.78 is 29.4. The first kappa shape index (κ1) is 31.7. The molecule has 12 unspecified atom stereocenters. The fraction of sp³-hybridized carbons (Fsp3) is 1.00. The van der Waals surface area contributed by atoms with E-state index in [1.54, 1.807) is 0 Å². The highest BCUT2D eigenvalue weighted by Crippen LogP contribution is 2.55. The van der Waals surface area contributed by atoms with Gasteiger partial charge < -0.3 is 88.1 Å². The molecule has 3 aliphatic carbocycles. The van der Waals surface area contributed by atoms with Crippen molar-refractivity contribution in [2.45, 2.75) is 110 Å². The molecule has 5 fully saturated rings. The number of aliphatic hydroxyl groups excluding tert-OH is 7. The predicted molar refractivity (Wildman–Crippen MR) is 136 cm³/mol. The van der Waals surface area contributed by atoms with E-state index in [1.165, 1.54) is 0 Å². The van der Waals surface area contributed by atoms with E-state index in [0.717, 1.165) is 0 Å². The van der Waals surface area contributed by atoms with Crippen LogP contribution in [0.15, 0.2) is 0 Å². The van der Waals surface area contributed by atoms with Gasteiger partial charge in [0.1, 0.15) is 48.8 Å². The Hall–Kier alpha value is -0.680. The van der Waals surface area contributed by atoms with E-state index in [2.05, 4.69) is 0 Å². The van der Waals surface area contributed by atoms with Gasteiger partial charge in [0.15, 0.2) is 12.6 Å². The quantitative estimate of drug-likeness (QED) is 0.118. The van der Waals surface area contributed by atoms with E-state index < -0.39 is 117 Å². The van der Waals surface area contributed by atoms with Gasteiger partial charge in [0, 0.05) is 30.0 Å². The average Bonchev–Trinajstić information content (AvgIpc) is 3.24. The van der Waals surface area contributed by atoms with Crippen LogP contribution < -0.4 is 28.7 Å². The number of fused-ring (bicyclic) bond motifs is 1. The van der Waals surface area contributed by atoms with Crippen LogP contribution in [0, 0.1) is 17.8 Å². The minimum absolute atomic E-state index is 0.0956. The summed E-state index contributed by atoms with van der Waals surface area (Å²) in [5.41, 5.74) is 30.4. The van der Waals surface area contributed by atoms with Gasteiger partial charge in [-0.2, -0.15) is 0 Å². The van der Waals surface area contributed by atoms with Gasteiger partial charge in [-0.25, -0.2) is 0 Å². The molecular formula is C24H45N5O12. The van der Waals surface area contributed by atoms with Gasteiger partial charge in [0.2, 0.25) is 0 Å². The Morgan fingerprint density at radius 2 is 1.22 bits per heavy atom. The fourth-order valence-electron chi connectivity index (χ4n) is 7.09. The highest BCUT2D eigenvalue weighted by Gasteiger charge is 2.66. The van der Waals surface area contributed by atoms with Crippen molar-refractivity contribution in [1.82, 2.24) is 0 Å². The lowest BCUT2D eigenvalue weighted by Crippen LogP contribution is -2.78. The molecule has 0 radical (unpaired) electrons. The summed E-state index contributed by atoms with van der Waals surface area (Å²) in [5.74, 6) is -0.452. The molecule has 17 N–H and O–H groups in total. The summed E-state index contributed by atoms with van der Waals surface area (Å²) in [6, 6.07) is -3.39. The van der Waals surface area contributed by atoms with E-state index >= 15 is 0 Å². The summed E-state index contributed by atoms with van der Waals surface area (Å²) in [5, 5.41) is 72.3. The van der Waals surface area contributed by atoms with Gasteiger partial charge in [-0.3, -0.25) is 0 Å². The van der Waals surface area contributed by atoms with Crippen molar-refractivity contribution in [3.05, 3.63) is 0 Å². The summed E-state index contributed by atoms with van der Waals surface area (Å²) >= 11 is 0. The molecule has 41 heavy (non-hydrogen) atoms. The second-order valence-corrected chi connectivity index (χ2v) is 11.9. The average molecular weight is 596 g/mol. The molecule has 5 rings (SSSR count). The lowest BCUT2D eigenvalue weighted by Gasteiger charge is -2.64. The standard InChI is InChI=1S/C24H45N5O12/c25-2-5-10-11(14(5)32)12(28)21(10)39-20-9(4-31)38-24(18(20)36)41-22-15(33)6(26)1-7(27)19(22)40-23-13(29)17(35)16(34)8(3-30)37-23/h5-24,30-36H,1-4,25-29H2/t5?,6-,7?,8?,9-,10?,11?,12?,13?,14-,15?,16-,17?,18?,19-,20?,21+,22?,23-,24+/m1/s1. The van der Waals surface area contributed by atoms with Crippen LogP contribution in [-0.4, -0.2) is 159 Å². The number of aliphatic hydroxyl groups is 7. The summed E-state index contributed by atoms with van der Waals surface area (Å²) in [7, 11) is 0. The smallest absolute Gasteiger partial charge is 0.187 e. The van der Waals surface area contributed by atoms with Gasteiger partial charge in [0.25, 0.3) is 0 Å². The molecule has 0 spiro atoms. The molecule has 5 aliphatic rings. The third kappa shape index (κ3) is 5.33. The third-order valence-corrected chi connectivity index (χ3v) is 9.61. The van der Waals surface area contributed by atoms with Crippen molar-refractivity contribution in [2.75, 3.05) is 19.8 Å². The molecule has 0 aromatic carbocycles. The first-order chi connectivity index (χ1) is 19.4. The Labute approximate surface area is 236 Å². The zero-order chi connectivity index (χ0) is 29.9. The van der Waals surface area contributed by atoms with Crippen LogP contribution in [0.4, 0.5) is 0 Å². The van der Waals surface area contributed by atoms with Gasteiger partial charge in [0.05, 0.1) is 37.6 Å². The molecule has 3 saturated carbocycles. The van der Waals surface area contributed by atoms with E-state index in [4.69, 9.17) is 52.4 Å². The fourth-order valence-corrected chi connectivity index (χ4v) is 7.09. The zero-order valence-corrected chi connectivity index (χ0v) is 22.4. The zero-order valence-electron chi connectivity index (χ0n) is 22.4. The van der Waals surface area contributed by atoms with E-state index in [1.807, 2.05) is 0 Å². The topological polar surface area (TPSA) is 318 Å². The van der Waals surface area contributed by atoms with Crippen molar-refractivity contribution >= 4 is 0 Å². The lowest BCUT2D eigenvalue weighted by molar-refractivity contribution is -0.310. The van der Waals surface area contributed by atoms with Gasteiger partial charge >= 0.3 is 0 Å². The molecule has 17 nitrogen and oxygen atoms in total. The number of hydrogen-bond donors (Lipinski definition) is 12. The highest BCUT2D eigenvalue weighted by atomic mass is 16.7. The van der Waals surface area contributed by atoms with Crippen LogP contribution >= 0.6 is 0 Å². The molecule has 17 heteroatoms. The molecular weight excluding hydrogens is 550 g/mol. The predicted octanol–water partition coefficient (Wildman–Crippen LogP) is -7.70. The minimum atomic E-state index is -1.49. The van der Waals surface area contributed by atoms with Crippen LogP contribution in [0.1, 0.15) is 6.42 Å². The van der Waals surface area contributed by atoms with Crippen molar-refractivity contribution in [2.24, 2.45) is 46.4 Å². The summed E-state index contributed by atoms with van der Waals surface area (Å²) in [6.45, 7) is -0.906. The maximum Gasteiger partial charge on any atom is 0.187 e. The largest absolute Gasteiger partial charge is 0.394 e. The first-order valence-electron chi connectivity index (χ1n) is 14.1. The van der Waals surface area contributed by atoms with Crippen LogP contribution in [-0.2, 0) is 23.7 Å². The van der Waals surface area contributed by atoms with E-state index in [0.29, 0.717) is 0 Å². The molecule has 2 saturated heterocycles. The molecule has 2 aliphatic heterocycles. The third-order valence-electron chi connectivity index (χ3n) is 9.61. The van der Waals surface area contributed by atoms with E-state index in [9.17, 15) is 35.7 Å². The summed E-state index contributed by atoms with van der Waals surface area (Å²) in [6.07, 6.45) is -15.3. The molecule has 2 heterocycles. The highest BCUT2D eigenvalue weighted by molar-refractivity contribution is 5.17. The normalized spacial score (nSPS) is 57.1. The van der Waals surface area contributed by atoms with Gasteiger partial charge in [-0.05, 0) is 18.9 Å². The molecule has 0 bridgehead atoms. The van der Waals surface area contributed by atoms with Crippen molar-refractivity contribution in [1.29, 1.82) is 0 Å². The van der Waals surface area contributed by atoms with Crippen LogP contribution in [0.3, 0.4) is 0 Å². The maximum atomic E-state index is 11.2. The Morgan fingerprint density at radius 3 is 1.85 bits per heavy atom. The first-order valence-corrected chi connectivity index (χ1v) is 14.1. The monoisotopic (exact) mass is 595 g/mol. The van der Waals surface area contributed by atoms with Crippen molar-refractivity contribution < 1.29 is 59.4 Å². The van der Waals surface area contributed by atoms with Gasteiger partial charge in [-0.1, -0.05) is 0 Å². The number of rotatable bonds is 9. The Morgan fingerprint density at radius 1 is 0.585 bits per heavy atom. The molecule has 238 valence electrons. The molecule has 0 amide bonds. The van der Waals surface area contributed by atoms with Crippen molar-refractivity contribution in [3.63, 3.8) is 0 Å². The molecule has 0 aromatic rings. The Balaban J connectivity index is 1.29. The van der Waals surface area contributed by atoms with Crippen LogP contribution in [0.25, 0.3) is 0 Å². The van der Waals surface area contributed by atoms with E-state index in [-0.39, 0.29) is 30.7 Å². The van der Waals surface area contributed by atoms with Crippen LogP contribution in [0.5, 0.6) is 0 Å². The molecule has 0 aromatic heterocycles. The van der Waals surface area contributed by atoms with Crippen LogP contribution in [0.2, 0.25) is 0 Å². The van der Waals surface area contributed by atoms with Gasteiger partial charge in [-0.15, -0.1) is 0 Å². The minimum Gasteiger partial charge on any atom is -0.394 e. The number of hydrogen-bond acceptors (Lipinski definition) is 17. The second-order valence-electron chi connectivity index (χ2n) is 11.9. The maximum absolute atomic E-state index is 11.2. The number of nitrogens with two attached hydrogens (primary N) is 5. The Bertz CT molecular complexity index is 890. The summed E-state index contributed by atoms with van der Waals surface area (Å²) in [4.78, 5) is 0. The Kier molecular flexibility index (Phi) is 9.57. The SMILES string of the molecule is NCC1C2C(C(N)[C@H]2OC2C(O)[C@H](OC3C(O)[C@H](N)CC(N)[C@H]3O[C@H]3OC(CO)[C@@H](O)C(O)C3N)O[C@@H]2CO)[C@@H]1O. The van der Waals surface area contributed by atoms with Crippen molar-refractivity contribution in [3.8, 4) is 0 Å². The lowest BCUT2D eigenvalue weighted by atomic mass is 9.47. The molecule has 20 atom stereocenters.